The topological polar surface area (TPSA) is 41.5 Å². The molecule has 1 aliphatic rings. The third-order valence-electron chi connectivity index (χ3n) is 2.10. The molecule has 0 amide bonds. The van der Waals surface area contributed by atoms with Gasteiger partial charge < -0.3 is 9.94 Å². The van der Waals surface area contributed by atoms with Crippen molar-refractivity contribution in [2.45, 2.75) is 25.5 Å². The molecule has 76 valence electrons. The largest absolute Gasteiger partial charge is 0.489 e. The van der Waals surface area contributed by atoms with Gasteiger partial charge in [0.15, 0.2) is 0 Å². The highest BCUT2D eigenvalue weighted by Gasteiger charge is 2.24. The summed E-state index contributed by atoms with van der Waals surface area (Å²) in [6.07, 6.45) is 2.60. The zero-order chi connectivity index (χ0) is 9.97. The number of ether oxygens (including phenoxy) is 1. The Balaban J connectivity index is 2.09. The molecule has 0 aromatic heterocycles. The molecule has 0 atom stereocenters. The van der Waals surface area contributed by atoms with Gasteiger partial charge in [-0.1, -0.05) is 17.7 Å². The lowest BCUT2D eigenvalue weighted by Gasteiger charge is -2.07. The maximum absolute atomic E-state index is 8.51. The molecule has 0 unspecified atom stereocenters. The van der Waals surface area contributed by atoms with Gasteiger partial charge in [0.1, 0.15) is 5.75 Å². The molecule has 1 saturated carbocycles. The highest BCUT2D eigenvalue weighted by atomic mass is 35.5. The summed E-state index contributed by atoms with van der Waals surface area (Å²) in [5.41, 5.74) is 3.02. The van der Waals surface area contributed by atoms with Gasteiger partial charge in [-0.2, -0.15) is 0 Å². The molecule has 1 aromatic rings. The van der Waals surface area contributed by atoms with Crippen LogP contribution < -0.4 is 10.2 Å². The molecule has 0 spiro atoms. The number of halogens is 1. The average molecular weight is 214 g/mol. The Bertz CT molecular complexity index is 326. The molecular formula is C10H12ClNO2. The van der Waals surface area contributed by atoms with Gasteiger partial charge in [-0.15, -0.1) is 0 Å². The molecule has 0 aliphatic heterocycles. The van der Waals surface area contributed by atoms with Gasteiger partial charge in [0, 0.05) is 6.54 Å². The Hall–Kier alpha value is -0.770. The van der Waals surface area contributed by atoms with E-state index in [1.807, 2.05) is 12.1 Å². The Morgan fingerprint density at radius 1 is 1.50 bits per heavy atom. The minimum Gasteiger partial charge on any atom is -0.489 e. The van der Waals surface area contributed by atoms with Crippen LogP contribution in [0.1, 0.15) is 18.4 Å². The SMILES string of the molecule is ONCc1ccc(OC2CC2)c(Cl)c1. The van der Waals surface area contributed by atoms with Crippen molar-refractivity contribution in [2.75, 3.05) is 0 Å². The summed E-state index contributed by atoms with van der Waals surface area (Å²) in [7, 11) is 0. The second-order valence-corrected chi connectivity index (χ2v) is 3.82. The van der Waals surface area contributed by atoms with Crippen LogP contribution in [-0.2, 0) is 6.54 Å². The average Bonchev–Trinajstić information content (AvgIpc) is 2.94. The molecule has 1 aliphatic carbocycles. The fourth-order valence-electron chi connectivity index (χ4n) is 1.21. The molecular weight excluding hydrogens is 202 g/mol. The Morgan fingerprint density at radius 3 is 2.86 bits per heavy atom. The Morgan fingerprint density at radius 2 is 2.29 bits per heavy atom. The first-order valence-electron chi connectivity index (χ1n) is 4.61. The third kappa shape index (κ3) is 2.38. The molecule has 1 aromatic carbocycles. The summed E-state index contributed by atoms with van der Waals surface area (Å²) in [5, 5.41) is 9.11. The standard InChI is InChI=1S/C10H12ClNO2/c11-9-5-7(6-12-13)1-4-10(9)14-8-2-3-8/h1,4-5,8,12-13H,2-3,6H2. The van der Waals surface area contributed by atoms with Crippen molar-refractivity contribution in [2.24, 2.45) is 0 Å². The van der Waals surface area contributed by atoms with Crippen LogP contribution in [0.2, 0.25) is 5.02 Å². The Labute approximate surface area is 87.6 Å². The number of hydrogen-bond acceptors (Lipinski definition) is 3. The summed E-state index contributed by atoms with van der Waals surface area (Å²) in [4.78, 5) is 0. The lowest BCUT2D eigenvalue weighted by Crippen LogP contribution is -2.06. The second kappa shape index (κ2) is 4.17. The van der Waals surface area contributed by atoms with E-state index in [4.69, 9.17) is 21.5 Å². The van der Waals surface area contributed by atoms with Crippen molar-refractivity contribution < 1.29 is 9.94 Å². The number of hydrogen-bond donors (Lipinski definition) is 2. The first kappa shape index (κ1) is 9.77. The highest BCUT2D eigenvalue weighted by Crippen LogP contribution is 2.32. The van der Waals surface area contributed by atoms with Gasteiger partial charge in [0.25, 0.3) is 0 Å². The van der Waals surface area contributed by atoms with Crippen molar-refractivity contribution >= 4 is 11.6 Å². The van der Waals surface area contributed by atoms with Crippen molar-refractivity contribution in [3.05, 3.63) is 28.8 Å². The number of benzene rings is 1. The maximum atomic E-state index is 8.51. The predicted molar refractivity (Wildman–Crippen MR) is 53.7 cm³/mol. The van der Waals surface area contributed by atoms with Crippen LogP contribution in [0, 0.1) is 0 Å². The van der Waals surface area contributed by atoms with Crippen LogP contribution in [0.4, 0.5) is 0 Å². The number of hydroxylamine groups is 1. The van der Waals surface area contributed by atoms with Crippen molar-refractivity contribution in [3.8, 4) is 5.75 Å². The number of rotatable bonds is 4. The summed E-state index contributed by atoms with van der Waals surface area (Å²) < 4.78 is 5.57. The molecule has 0 saturated heterocycles. The third-order valence-corrected chi connectivity index (χ3v) is 2.39. The van der Waals surface area contributed by atoms with Gasteiger partial charge >= 0.3 is 0 Å². The maximum Gasteiger partial charge on any atom is 0.138 e. The van der Waals surface area contributed by atoms with Crippen molar-refractivity contribution in [1.29, 1.82) is 0 Å². The lowest BCUT2D eigenvalue weighted by molar-refractivity contribution is 0.161. The zero-order valence-electron chi connectivity index (χ0n) is 7.66. The minimum absolute atomic E-state index is 0.356. The summed E-state index contributed by atoms with van der Waals surface area (Å²) in [6.45, 7) is 0.392. The fraction of sp³-hybridized carbons (Fsp3) is 0.400. The first-order chi connectivity index (χ1) is 6.79. The van der Waals surface area contributed by atoms with E-state index < -0.39 is 0 Å². The van der Waals surface area contributed by atoms with Crippen LogP contribution in [-0.4, -0.2) is 11.3 Å². The van der Waals surface area contributed by atoms with Crippen LogP contribution in [0.5, 0.6) is 5.75 Å². The van der Waals surface area contributed by atoms with Crippen molar-refractivity contribution in [1.82, 2.24) is 5.48 Å². The van der Waals surface area contributed by atoms with E-state index in [0.29, 0.717) is 17.7 Å². The molecule has 14 heavy (non-hydrogen) atoms. The van der Waals surface area contributed by atoms with E-state index in [1.54, 1.807) is 6.07 Å². The molecule has 1 fully saturated rings. The van der Waals surface area contributed by atoms with E-state index in [9.17, 15) is 0 Å². The highest BCUT2D eigenvalue weighted by molar-refractivity contribution is 6.32. The predicted octanol–water partition coefficient (Wildman–Crippen LogP) is 2.36. The minimum atomic E-state index is 0.356. The van der Waals surface area contributed by atoms with Gasteiger partial charge in [0.05, 0.1) is 11.1 Å². The van der Waals surface area contributed by atoms with E-state index in [2.05, 4.69) is 5.48 Å². The molecule has 2 N–H and O–H groups in total. The van der Waals surface area contributed by atoms with Crippen LogP contribution in [0.25, 0.3) is 0 Å². The molecule has 2 rings (SSSR count). The molecule has 0 radical (unpaired) electrons. The van der Waals surface area contributed by atoms with Crippen molar-refractivity contribution in [3.63, 3.8) is 0 Å². The normalized spacial score (nSPS) is 15.6. The van der Waals surface area contributed by atoms with Crippen LogP contribution >= 0.6 is 11.6 Å². The van der Waals surface area contributed by atoms with Gasteiger partial charge in [-0.3, -0.25) is 0 Å². The van der Waals surface area contributed by atoms with E-state index in [0.717, 1.165) is 24.2 Å². The summed E-state index contributed by atoms with van der Waals surface area (Å²) in [6, 6.07) is 5.52. The van der Waals surface area contributed by atoms with Gasteiger partial charge in [0.2, 0.25) is 0 Å². The van der Waals surface area contributed by atoms with Crippen LogP contribution in [0.3, 0.4) is 0 Å². The molecule has 3 nitrogen and oxygen atoms in total. The molecule has 0 bridgehead atoms. The smallest absolute Gasteiger partial charge is 0.138 e. The zero-order valence-corrected chi connectivity index (χ0v) is 8.42. The second-order valence-electron chi connectivity index (χ2n) is 3.42. The quantitative estimate of drug-likeness (QED) is 0.755. The van der Waals surface area contributed by atoms with Gasteiger partial charge in [-0.05, 0) is 30.5 Å². The van der Waals surface area contributed by atoms with Crippen LogP contribution in [0.15, 0.2) is 18.2 Å². The van der Waals surface area contributed by atoms with E-state index in [-0.39, 0.29) is 0 Å². The fourth-order valence-corrected chi connectivity index (χ4v) is 1.45. The first-order valence-corrected chi connectivity index (χ1v) is 4.99. The van der Waals surface area contributed by atoms with Gasteiger partial charge in [-0.25, -0.2) is 5.48 Å². The molecule has 4 heteroatoms. The summed E-state index contributed by atoms with van der Waals surface area (Å²) >= 11 is 6.00. The monoisotopic (exact) mass is 213 g/mol. The Kier molecular flexibility index (Phi) is 2.91. The van der Waals surface area contributed by atoms with E-state index >= 15 is 0 Å². The number of nitrogens with one attached hydrogen (secondary N) is 1. The lowest BCUT2D eigenvalue weighted by atomic mass is 10.2. The summed E-state index contributed by atoms with van der Waals surface area (Å²) in [5.74, 6) is 0.732. The van der Waals surface area contributed by atoms with E-state index in [1.165, 1.54) is 0 Å². The molecule has 0 heterocycles.